The predicted octanol–water partition coefficient (Wildman–Crippen LogP) is 6.24. The molecular formula is C28H38O5. The molecule has 1 fully saturated rings. The van der Waals surface area contributed by atoms with Gasteiger partial charge in [-0.1, -0.05) is 39.3 Å². The van der Waals surface area contributed by atoms with E-state index in [1.807, 2.05) is 13.8 Å². The van der Waals surface area contributed by atoms with Crippen molar-refractivity contribution in [3.63, 3.8) is 0 Å². The standard InChI is InChI=1S/C28H38O5/c1-15(2)11-22(30)23-25(32)19(14-29)24(31)18-13-17-8-7-16(3)12-21-20(27(21,4)5)9-10-28(17,6)33-26(18)23/h12,14-15,17,20-21,31-32H,7-11,13H2,1-6H3/b16-12+/t17-,20-,21+,28+/m0/s1. The first-order valence-corrected chi connectivity index (χ1v) is 12.4. The predicted molar refractivity (Wildman–Crippen MR) is 128 cm³/mol. The van der Waals surface area contributed by atoms with Crippen molar-refractivity contribution < 1.29 is 24.5 Å². The second kappa shape index (κ2) is 8.18. The fraction of sp³-hybridized carbons (Fsp3) is 0.643. The largest absolute Gasteiger partial charge is 0.507 e. The van der Waals surface area contributed by atoms with E-state index >= 15 is 0 Å². The number of phenols is 2. The molecule has 0 bridgehead atoms. The summed E-state index contributed by atoms with van der Waals surface area (Å²) in [6.07, 6.45) is 7.37. The van der Waals surface area contributed by atoms with Gasteiger partial charge in [-0.05, 0) is 69.1 Å². The van der Waals surface area contributed by atoms with E-state index < -0.39 is 11.4 Å². The third kappa shape index (κ3) is 3.98. The second-order valence-electron chi connectivity index (χ2n) is 11.8. The van der Waals surface area contributed by atoms with Gasteiger partial charge >= 0.3 is 0 Å². The van der Waals surface area contributed by atoms with E-state index in [0.29, 0.717) is 30.1 Å². The topological polar surface area (TPSA) is 83.8 Å². The summed E-state index contributed by atoms with van der Waals surface area (Å²) >= 11 is 0. The van der Waals surface area contributed by atoms with Gasteiger partial charge in [0.25, 0.3) is 0 Å². The zero-order chi connectivity index (χ0) is 24.3. The summed E-state index contributed by atoms with van der Waals surface area (Å²) in [6, 6.07) is 0. The van der Waals surface area contributed by atoms with Gasteiger partial charge < -0.3 is 14.9 Å². The fourth-order valence-corrected chi connectivity index (χ4v) is 6.26. The minimum atomic E-state index is -0.512. The Labute approximate surface area is 197 Å². The van der Waals surface area contributed by atoms with Crippen molar-refractivity contribution in [1.29, 1.82) is 0 Å². The molecule has 1 heterocycles. The van der Waals surface area contributed by atoms with Crippen molar-refractivity contribution >= 4 is 12.1 Å². The number of carbonyl (C=O) groups is 2. The van der Waals surface area contributed by atoms with Gasteiger partial charge in [0.05, 0.1) is 5.56 Å². The molecule has 5 heteroatoms. The number of Topliss-reactive ketones (excluding diaryl/α,β-unsaturated/α-hetero) is 1. The summed E-state index contributed by atoms with van der Waals surface area (Å²) in [6.45, 7) is 12.9. The third-order valence-corrected chi connectivity index (χ3v) is 8.62. The molecule has 180 valence electrons. The lowest BCUT2D eigenvalue weighted by molar-refractivity contribution is -0.00715. The molecule has 1 aromatic rings. The smallest absolute Gasteiger partial charge is 0.170 e. The fourth-order valence-electron chi connectivity index (χ4n) is 6.26. The number of hydrogen-bond acceptors (Lipinski definition) is 5. The van der Waals surface area contributed by atoms with Crippen LogP contribution in [0.3, 0.4) is 0 Å². The van der Waals surface area contributed by atoms with Crippen LogP contribution in [0.2, 0.25) is 0 Å². The number of allylic oxidation sites excluding steroid dienone is 2. The number of benzene rings is 1. The number of fused-ring (bicyclic) bond motifs is 3. The first kappa shape index (κ1) is 23.8. The highest BCUT2D eigenvalue weighted by atomic mass is 16.5. The van der Waals surface area contributed by atoms with E-state index in [9.17, 15) is 19.8 Å². The molecule has 0 amide bonds. The van der Waals surface area contributed by atoms with Crippen LogP contribution in [0.15, 0.2) is 11.6 Å². The van der Waals surface area contributed by atoms with Crippen LogP contribution in [-0.2, 0) is 6.42 Å². The highest BCUT2D eigenvalue weighted by Gasteiger charge is 2.57. The lowest BCUT2D eigenvalue weighted by Gasteiger charge is -2.44. The van der Waals surface area contributed by atoms with E-state index in [0.717, 1.165) is 25.7 Å². The molecule has 4 atom stereocenters. The van der Waals surface area contributed by atoms with Crippen LogP contribution in [-0.4, -0.2) is 27.9 Å². The summed E-state index contributed by atoms with van der Waals surface area (Å²) in [7, 11) is 0. The molecule has 0 aromatic heterocycles. The van der Waals surface area contributed by atoms with Crippen molar-refractivity contribution in [2.24, 2.45) is 29.1 Å². The molecule has 1 aliphatic heterocycles. The molecule has 0 saturated heterocycles. The summed E-state index contributed by atoms with van der Waals surface area (Å²) in [5.41, 5.74) is 1.48. The molecule has 2 N–H and O–H groups in total. The van der Waals surface area contributed by atoms with Crippen molar-refractivity contribution in [1.82, 2.24) is 0 Å². The van der Waals surface area contributed by atoms with Crippen LogP contribution in [0.1, 0.15) is 99.9 Å². The number of carbonyl (C=O) groups excluding carboxylic acids is 2. The van der Waals surface area contributed by atoms with Crippen molar-refractivity contribution in [2.75, 3.05) is 0 Å². The van der Waals surface area contributed by atoms with Gasteiger partial charge in [0, 0.05) is 17.9 Å². The number of aldehydes is 1. The maximum atomic E-state index is 13.2. The normalized spacial score (nSPS) is 31.8. The summed E-state index contributed by atoms with van der Waals surface area (Å²) in [5, 5.41) is 21.7. The van der Waals surface area contributed by atoms with Crippen LogP contribution in [0, 0.1) is 29.1 Å². The maximum absolute atomic E-state index is 13.2. The molecule has 0 radical (unpaired) electrons. The van der Waals surface area contributed by atoms with Crippen LogP contribution in [0.5, 0.6) is 17.2 Å². The van der Waals surface area contributed by atoms with E-state index in [1.54, 1.807) is 0 Å². The average Bonchev–Trinajstić information content (AvgIpc) is 3.23. The van der Waals surface area contributed by atoms with Crippen LogP contribution in [0.25, 0.3) is 0 Å². The Morgan fingerprint density at radius 1 is 1.21 bits per heavy atom. The van der Waals surface area contributed by atoms with Crippen molar-refractivity contribution in [3.8, 4) is 17.2 Å². The molecule has 1 aromatic carbocycles. The zero-order valence-electron chi connectivity index (χ0n) is 20.8. The lowest BCUT2D eigenvalue weighted by atomic mass is 9.73. The Morgan fingerprint density at radius 3 is 2.55 bits per heavy atom. The lowest BCUT2D eigenvalue weighted by Crippen LogP contribution is -2.46. The quantitative estimate of drug-likeness (QED) is 0.319. The number of rotatable bonds is 4. The highest BCUT2D eigenvalue weighted by Crippen LogP contribution is 2.63. The number of aromatic hydroxyl groups is 2. The Kier molecular flexibility index (Phi) is 5.91. The summed E-state index contributed by atoms with van der Waals surface area (Å²) in [4.78, 5) is 24.9. The Hall–Kier alpha value is -2.30. The number of phenolic OH excluding ortho intramolecular Hbond substituents is 2. The Bertz CT molecular complexity index is 1020. The molecule has 1 saturated carbocycles. The van der Waals surface area contributed by atoms with Gasteiger partial charge in [-0.15, -0.1) is 0 Å². The van der Waals surface area contributed by atoms with Crippen LogP contribution < -0.4 is 4.74 Å². The maximum Gasteiger partial charge on any atom is 0.170 e. The number of hydrogen-bond donors (Lipinski definition) is 2. The van der Waals surface area contributed by atoms with Crippen LogP contribution >= 0.6 is 0 Å². The average molecular weight is 455 g/mol. The van der Waals surface area contributed by atoms with Gasteiger partial charge in [0.2, 0.25) is 0 Å². The molecule has 2 aliphatic carbocycles. The minimum Gasteiger partial charge on any atom is -0.507 e. The monoisotopic (exact) mass is 454 g/mol. The van der Waals surface area contributed by atoms with Crippen molar-refractivity contribution in [2.45, 2.75) is 85.7 Å². The first-order valence-electron chi connectivity index (χ1n) is 12.4. The number of ether oxygens (including phenoxy) is 1. The SMILES string of the molecule is C/C1=C\[C@@H]2[C@H](CC[C@@]3(C)Oc4c(c(O)c(C=O)c(O)c4C(=O)CC(C)C)C[C@@H]3CC1)C2(C)C. The van der Waals surface area contributed by atoms with Gasteiger partial charge in [0.1, 0.15) is 28.4 Å². The van der Waals surface area contributed by atoms with Gasteiger partial charge in [-0.3, -0.25) is 9.59 Å². The van der Waals surface area contributed by atoms with Gasteiger partial charge in [-0.25, -0.2) is 0 Å². The van der Waals surface area contributed by atoms with E-state index in [1.165, 1.54) is 5.57 Å². The zero-order valence-corrected chi connectivity index (χ0v) is 20.8. The molecule has 33 heavy (non-hydrogen) atoms. The Morgan fingerprint density at radius 2 is 1.91 bits per heavy atom. The van der Waals surface area contributed by atoms with E-state index in [4.69, 9.17) is 4.74 Å². The Balaban J connectivity index is 1.79. The van der Waals surface area contributed by atoms with Gasteiger partial charge in [0.15, 0.2) is 12.1 Å². The highest BCUT2D eigenvalue weighted by molar-refractivity contribution is 6.05. The first-order chi connectivity index (χ1) is 15.4. The molecule has 0 unspecified atom stereocenters. The molecule has 0 spiro atoms. The molecule has 3 aliphatic rings. The number of ketones is 1. The summed E-state index contributed by atoms with van der Waals surface area (Å²) < 4.78 is 6.64. The van der Waals surface area contributed by atoms with Crippen molar-refractivity contribution in [3.05, 3.63) is 28.3 Å². The van der Waals surface area contributed by atoms with E-state index in [2.05, 4.69) is 33.8 Å². The molecule has 4 rings (SSSR count). The van der Waals surface area contributed by atoms with Crippen LogP contribution in [0.4, 0.5) is 0 Å². The van der Waals surface area contributed by atoms with Gasteiger partial charge in [-0.2, -0.15) is 0 Å². The summed E-state index contributed by atoms with van der Waals surface area (Å²) in [5.74, 6) is 0.723. The molecule has 5 nitrogen and oxygen atoms in total. The second-order valence-corrected chi connectivity index (χ2v) is 11.8. The van der Waals surface area contributed by atoms with E-state index in [-0.39, 0.29) is 52.1 Å². The third-order valence-electron chi connectivity index (χ3n) is 8.62. The molecular weight excluding hydrogens is 416 g/mol. The minimum absolute atomic E-state index is 0.0519.